The molecule has 1 aromatic carbocycles. The first kappa shape index (κ1) is 13.9. The third-order valence-electron chi connectivity index (χ3n) is 3.53. The summed E-state index contributed by atoms with van der Waals surface area (Å²) in [5, 5.41) is 6.08. The normalized spacial score (nSPS) is 23.1. The first-order chi connectivity index (χ1) is 9.06. The number of amides is 1. The van der Waals surface area contributed by atoms with Gasteiger partial charge < -0.3 is 10.6 Å². The summed E-state index contributed by atoms with van der Waals surface area (Å²) < 4.78 is 26.4. The van der Waals surface area contributed by atoms with Crippen molar-refractivity contribution in [1.82, 2.24) is 10.6 Å². The number of nitrogens with one attached hydrogen (secondary N) is 2. The van der Waals surface area contributed by atoms with Crippen LogP contribution in [0.3, 0.4) is 0 Å². The molecule has 1 fully saturated rings. The molecule has 2 N–H and O–H groups in total. The SMILES string of the molecule is CC1CCNCC1NC(=O)Cc1cc(F)ccc1F. The highest BCUT2D eigenvalue weighted by Gasteiger charge is 2.22. The van der Waals surface area contributed by atoms with Crippen LogP contribution in [0.5, 0.6) is 0 Å². The molecule has 0 aromatic heterocycles. The maximum absolute atomic E-state index is 13.4. The number of benzene rings is 1. The molecule has 2 rings (SSSR count). The second kappa shape index (κ2) is 6.10. The second-order valence-corrected chi connectivity index (χ2v) is 5.06. The largest absolute Gasteiger partial charge is 0.352 e. The Labute approximate surface area is 111 Å². The Morgan fingerprint density at radius 3 is 3.00 bits per heavy atom. The van der Waals surface area contributed by atoms with Crippen molar-refractivity contribution in [3.05, 3.63) is 35.4 Å². The van der Waals surface area contributed by atoms with Gasteiger partial charge in [-0.2, -0.15) is 0 Å². The molecule has 1 amide bonds. The van der Waals surface area contributed by atoms with Crippen molar-refractivity contribution in [3.8, 4) is 0 Å². The number of carbonyl (C=O) groups excluding carboxylic acids is 1. The van der Waals surface area contributed by atoms with E-state index in [0.717, 1.165) is 37.7 Å². The van der Waals surface area contributed by atoms with Gasteiger partial charge in [-0.25, -0.2) is 8.78 Å². The molecule has 3 nitrogen and oxygen atoms in total. The molecule has 1 aromatic rings. The average molecular weight is 268 g/mol. The molecule has 1 aliphatic rings. The number of halogens is 2. The minimum Gasteiger partial charge on any atom is -0.352 e. The van der Waals surface area contributed by atoms with Crippen LogP contribution in [0.1, 0.15) is 18.9 Å². The maximum atomic E-state index is 13.4. The fourth-order valence-corrected chi connectivity index (χ4v) is 2.29. The highest BCUT2D eigenvalue weighted by molar-refractivity contribution is 5.79. The molecule has 0 aliphatic carbocycles. The first-order valence-corrected chi connectivity index (χ1v) is 6.50. The Bertz CT molecular complexity index is 465. The van der Waals surface area contributed by atoms with Crippen LogP contribution < -0.4 is 10.6 Å². The van der Waals surface area contributed by atoms with Gasteiger partial charge in [0.2, 0.25) is 5.91 Å². The maximum Gasteiger partial charge on any atom is 0.224 e. The zero-order valence-corrected chi connectivity index (χ0v) is 10.9. The van der Waals surface area contributed by atoms with Gasteiger partial charge in [-0.1, -0.05) is 6.92 Å². The van der Waals surface area contributed by atoms with E-state index in [-0.39, 0.29) is 23.9 Å². The van der Waals surface area contributed by atoms with Gasteiger partial charge in [0.1, 0.15) is 11.6 Å². The molecular formula is C14H18F2N2O. The summed E-state index contributed by atoms with van der Waals surface area (Å²) >= 11 is 0. The molecule has 1 heterocycles. The van der Waals surface area contributed by atoms with Crippen molar-refractivity contribution in [3.63, 3.8) is 0 Å². The van der Waals surface area contributed by atoms with Crippen molar-refractivity contribution in [1.29, 1.82) is 0 Å². The fraction of sp³-hybridized carbons (Fsp3) is 0.500. The quantitative estimate of drug-likeness (QED) is 0.874. The number of piperidine rings is 1. The van der Waals surface area contributed by atoms with Gasteiger partial charge in [0.05, 0.1) is 6.42 Å². The Morgan fingerprint density at radius 1 is 1.47 bits per heavy atom. The van der Waals surface area contributed by atoms with E-state index in [1.54, 1.807) is 0 Å². The van der Waals surface area contributed by atoms with Crippen LogP contribution in [0.25, 0.3) is 0 Å². The zero-order valence-electron chi connectivity index (χ0n) is 10.9. The van der Waals surface area contributed by atoms with E-state index in [2.05, 4.69) is 17.6 Å². The predicted molar refractivity (Wildman–Crippen MR) is 68.6 cm³/mol. The van der Waals surface area contributed by atoms with Crippen molar-refractivity contribution in [2.45, 2.75) is 25.8 Å². The lowest BCUT2D eigenvalue weighted by molar-refractivity contribution is -0.121. The Hall–Kier alpha value is -1.49. The van der Waals surface area contributed by atoms with Gasteiger partial charge in [-0.15, -0.1) is 0 Å². The molecule has 1 saturated heterocycles. The van der Waals surface area contributed by atoms with E-state index < -0.39 is 11.6 Å². The standard InChI is InChI=1S/C14H18F2N2O/c1-9-4-5-17-8-13(9)18-14(19)7-10-6-11(15)2-3-12(10)16/h2-3,6,9,13,17H,4-5,7-8H2,1H3,(H,18,19). The van der Waals surface area contributed by atoms with Crippen LogP contribution in [0, 0.1) is 17.6 Å². The molecular weight excluding hydrogens is 250 g/mol. The van der Waals surface area contributed by atoms with Crippen LogP contribution in [0.4, 0.5) is 8.78 Å². The third kappa shape index (κ3) is 3.73. The topological polar surface area (TPSA) is 41.1 Å². The van der Waals surface area contributed by atoms with Gasteiger partial charge in [0.15, 0.2) is 0 Å². The molecule has 5 heteroatoms. The molecule has 0 spiro atoms. The van der Waals surface area contributed by atoms with Gasteiger partial charge in [-0.05, 0) is 37.1 Å². The summed E-state index contributed by atoms with van der Waals surface area (Å²) in [7, 11) is 0. The predicted octanol–water partition coefficient (Wildman–Crippen LogP) is 1.62. The van der Waals surface area contributed by atoms with Gasteiger partial charge in [0.25, 0.3) is 0 Å². The third-order valence-corrected chi connectivity index (χ3v) is 3.53. The molecule has 0 radical (unpaired) electrons. The van der Waals surface area contributed by atoms with Gasteiger partial charge >= 0.3 is 0 Å². The molecule has 19 heavy (non-hydrogen) atoms. The van der Waals surface area contributed by atoms with E-state index in [1.165, 1.54) is 0 Å². The summed E-state index contributed by atoms with van der Waals surface area (Å²) in [5.74, 6) is -0.962. The monoisotopic (exact) mass is 268 g/mol. The number of rotatable bonds is 3. The summed E-state index contributed by atoms with van der Waals surface area (Å²) in [6.45, 7) is 3.75. The molecule has 1 aliphatic heterocycles. The summed E-state index contributed by atoms with van der Waals surface area (Å²) in [4.78, 5) is 11.9. The highest BCUT2D eigenvalue weighted by Crippen LogP contribution is 2.13. The van der Waals surface area contributed by atoms with Crippen LogP contribution in [0.2, 0.25) is 0 Å². The average Bonchev–Trinajstić information content (AvgIpc) is 2.37. The fourth-order valence-electron chi connectivity index (χ4n) is 2.29. The first-order valence-electron chi connectivity index (χ1n) is 6.50. The summed E-state index contributed by atoms with van der Waals surface area (Å²) in [6.07, 6.45) is 0.867. The van der Waals surface area contributed by atoms with Crippen LogP contribution in [0.15, 0.2) is 18.2 Å². The lowest BCUT2D eigenvalue weighted by atomic mass is 9.94. The van der Waals surface area contributed by atoms with Crippen LogP contribution in [-0.2, 0) is 11.2 Å². The van der Waals surface area contributed by atoms with Crippen LogP contribution in [-0.4, -0.2) is 25.0 Å². The van der Waals surface area contributed by atoms with Crippen molar-refractivity contribution in [2.24, 2.45) is 5.92 Å². The lowest BCUT2D eigenvalue weighted by Crippen LogP contribution is -2.50. The van der Waals surface area contributed by atoms with E-state index >= 15 is 0 Å². The number of hydrogen-bond acceptors (Lipinski definition) is 2. The van der Waals surface area contributed by atoms with E-state index in [1.807, 2.05) is 0 Å². The molecule has 2 atom stereocenters. The molecule has 0 saturated carbocycles. The van der Waals surface area contributed by atoms with Crippen molar-refractivity contribution >= 4 is 5.91 Å². The van der Waals surface area contributed by atoms with E-state index in [0.29, 0.717) is 5.92 Å². The minimum atomic E-state index is -0.550. The molecule has 2 unspecified atom stereocenters. The lowest BCUT2D eigenvalue weighted by Gasteiger charge is -2.30. The molecule has 0 bridgehead atoms. The Balaban J connectivity index is 1.95. The van der Waals surface area contributed by atoms with Crippen molar-refractivity contribution < 1.29 is 13.6 Å². The van der Waals surface area contributed by atoms with Gasteiger partial charge in [0, 0.05) is 18.2 Å². The Kier molecular flexibility index (Phi) is 4.47. The molecule has 104 valence electrons. The Morgan fingerprint density at radius 2 is 2.26 bits per heavy atom. The summed E-state index contributed by atoms with van der Waals surface area (Å²) in [5.41, 5.74) is 0.0916. The number of hydrogen-bond donors (Lipinski definition) is 2. The van der Waals surface area contributed by atoms with Crippen LogP contribution >= 0.6 is 0 Å². The second-order valence-electron chi connectivity index (χ2n) is 5.06. The van der Waals surface area contributed by atoms with Crippen molar-refractivity contribution in [2.75, 3.05) is 13.1 Å². The smallest absolute Gasteiger partial charge is 0.224 e. The van der Waals surface area contributed by atoms with E-state index in [4.69, 9.17) is 0 Å². The van der Waals surface area contributed by atoms with E-state index in [9.17, 15) is 13.6 Å². The minimum absolute atomic E-state index is 0.0536. The van der Waals surface area contributed by atoms with Gasteiger partial charge in [-0.3, -0.25) is 4.79 Å². The summed E-state index contributed by atoms with van der Waals surface area (Å²) in [6, 6.07) is 3.21. The number of carbonyl (C=O) groups is 1. The zero-order chi connectivity index (χ0) is 13.8. The highest BCUT2D eigenvalue weighted by atomic mass is 19.1.